The summed E-state index contributed by atoms with van der Waals surface area (Å²) in [6.45, 7) is 6.81. The van der Waals surface area contributed by atoms with Crippen molar-refractivity contribution < 1.29 is 4.74 Å². The van der Waals surface area contributed by atoms with E-state index in [0.717, 1.165) is 29.1 Å². The van der Waals surface area contributed by atoms with Crippen LogP contribution in [0, 0.1) is 6.92 Å². The molecule has 2 aromatic rings. The summed E-state index contributed by atoms with van der Waals surface area (Å²) in [6, 6.07) is 3.98. The number of aryl methyl sites for hydroxylation is 2. The zero-order valence-corrected chi connectivity index (χ0v) is 12.7. The molecule has 0 amide bonds. The summed E-state index contributed by atoms with van der Waals surface area (Å²) in [5, 5.41) is 0. The largest absolute Gasteiger partial charge is 0.377 e. The Bertz CT molecular complexity index is 577. The average Bonchev–Trinajstić information content (AvgIpc) is 2.68. The third kappa shape index (κ3) is 3.07. The van der Waals surface area contributed by atoms with E-state index in [1.165, 1.54) is 0 Å². The summed E-state index contributed by atoms with van der Waals surface area (Å²) < 4.78 is 7.63. The molecule has 4 nitrogen and oxygen atoms in total. The van der Waals surface area contributed by atoms with Crippen LogP contribution in [0.15, 0.2) is 12.1 Å². The number of rotatable bonds is 5. The van der Waals surface area contributed by atoms with E-state index < -0.39 is 0 Å². The molecule has 0 unspecified atom stereocenters. The van der Waals surface area contributed by atoms with Gasteiger partial charge in [-0.15, -0.1) is 11.6 Å². The number of hydrogen-bond donors (Lipinski definition) is 0. The zero-order chi connectivity index (χ0) is 14.0. The number of alkyl halides is 1. The second-order valence-corrected chi connectivity index (χ2v) is 5.69. The van der Waals surface area contributed by atoms with Crippen molar-refractivity contribution in [1.29, 1.82) is 0 Å². The van der Waals surface area contributed by atoms with Gasteiger partial charge in [0.05, 0.1) is 12.1 Å². The van der Waals surface area contributed by atoms with Gasteiger partial charge in [0.2, 0.25) is 0 Å². The van der Waals surface area contributed by atoms with Crippen LogP contribution in [0.1, 0.15) is 25.4 Å². The first-order valence-electron chi connectivity index (χ1n) is 6.41. The normalized spacial score (nSPS) is 12.3. The number of fused-ring (bicyclic) bond motifs is 1. The highest BCUT2D eigenvalue weighted by Crippen LogP contribution is 2.20. The topological polar surface area (TPSA) is 39.9 Å². The number of methoxy groups -OCH3 is 1. The van der Waals surface area contributed by atoms with Crippen molar-refractivity contribution in [3.63, 3.8) is 0 Å². The highest BCUT2D eigenvalue weighted by Gasteiger charge is 2.21. The summed E-state index contributed by atoms with van der Waals surface area (Å²) >= 11 is 5.87. The van der Waals surface area contributed by atoms with Gasteiger partial charge in [0.15, 0.2) is 5.65 Å². The fourth-order valence-electron chi connectivity index (χ4n) is 2.03. The van der Waals surface area contributed by atoms with E-state index in [9.17, 15) is 0 Å². The van der Waals surface area contributed by atoms with Crippen LogP contribution < -0.4 is 0 Å². The molecule has 104 valence electrons. The molecule has 19 heavy (non-hydrogen) atoms. The number of nitrogens with zero attached hydrogens (tertiary/aromatic N) is 3. The molecule has 0 saturated heterocycles. The molecule has 0 fully saturated rings. The maximum Gasteiger partial charge on any atom is 0.160 e. The Labute approximate surface area is 118 Å². The average molecular weight is 282 g/mol. The summed E-state index contributed by atoms with van der Waals surface area (Å²) in [4.78, 5) is 9.22. The van der Waals surface area contributed by atoms with Gasteiger partial charge in [-0.25, -0.2) is 9.97 Å². The van der Waals surface area contributed by atoms with Crippen LogP contribution in [0.4, 0.5) is 0 Å². The van der Waals surface area contributed by atoms with Gasteiger partial charge in [0.25, 0.3) is 0 Å². The van der Waals surface area contributed by atoms with Crippen LogP contribution in [0.2, 0.25) is 0 Å². The molecule has 0 saturated carbocycles. The van der Waals surface area contributed by atoms with Crippen LogP contribution in [0.3, 0.4) is 0 Å². The molecule has 0 spiro atoms. The van der Waals surface area contributed by atoms with Gasteiger partial charge in [-0.1, -0.05) is 0 Å². The van der Waals surface area contributed by atoms with Gasteiger partial charge in [-0.05, 0) is 32.9 Å². The van der Waals surface area contributed by atoms with E-state index in [2.05, 4.69) is 28.4 Å². The predicted octanol–water partition coefficient (Wildman–Crippen LogP) is 2.95. The molecule has 0 N–H and O–H groups in total. The molecule has 0 aliphatic heterocycles. The first kappa shape index (κ1) is 14.3. The fraction of sp³-hybridized carbons (Fsp3) is 0.571. The van der Waals surface area contributed by atoms with E-state index in [1.807, 2.05) is 19.1 Å². The van der Waals surface area contributed by atoms with Crippen LogP contribution in [0.5, 0.6) is 0 Å². The van der Waals surface area contributed by atoms with Gasteiger partial charge in [-0.3, -0.25) is 0 Å². The zero-order valence-electron chi connectivity index (χ0n) is 11.9. The lowest BCUT2D eigenvalue weighted by molar-refractivity contribution is 0.00834. The van der Waals surface area contributed by atoms with Crippen molar-refractivity contribution >= 4 is 22.8 Å². The molecule has 2 rings (SSSR count). The second-order valence-electron chi connectivity index (χ2n) is 5.31. The highest BCUT2D eigenvalue weighted by molar-refractivity contribution is 6.17. The van der Waals surface area contributed by atoms with Gasteiger partial charge in [-0.2, -0.15) is 0 Å². The maximum atomic E-state index is 5.87. The fourth-order valence-corrected chi connectivity index (χ4v) is 2.20. The minimum absolute atomic E-state index is 0.264. The van der Waals surface area contributed by atoms with E-state index in [-0.39, 0.29) is 5.60 Å². The Morgan fingerprint density at radius 2 is 2.05 bits per heavy atom. The molecular formula is C14H20ClN3O. The number of aromatic nitrogens is 3. The molecule has 0 aliphatic rings. The third-order valence-corrected chi connectivity index (χ3v) is 3.41. The lowest BCUT2D eigenvalue weighted by Crippen LogP contribution is -2.30. The molecule has 5 heteroatoms. The van der Waals surface area contributed by atoms with Crippen molar-refractivity contribution in [2.24, 2.45) is 0 Å². The standard InChI is InChI=1S/C14H20ClN3O/c1-10-5-6-11-13(16-10)18(9-14(2,3)19-4)12(17-11)7-8-15/h5-6H,7-9H2,1-4H3. The van der Waals surface area contributed by atoms with Crippen molar-refractivity contribution in [2.75, 3.05) is 13.0 Å². The van der Waals surface area contributed by atoms with Gasteiger partial charge < -0.3 is 9.30 Å². The molecular weight excluding hydrogens is 262 g/mol. The maximum absolute atomic E-state index is 5.87. The van der Waals surface area contributed by atoms with Crippen molar-refractivity contribution in [3.8, 4) is 0 Å². The van der Waals surface area contributed by atoms with Crippen molar-refractivity contribution in [1.82, 2.24) is 14.5 Å². The van der Waals surface area contributed by atoms with E-state index in [4.69, 9.17) is 16.3 Å². The SMILES string of the molecule is COC(C)(C)Cn1c(CCCl)nc2ccc(C)nc21. The number of hydrogen-bond acceptors (Lipinski definition) is 3. The van der Waals surface area contributed by atoms with Crippen LogP contribution in [-0.2, 0) is 17.7 Å². The summed E-state index contributed by atoms with van der Waals surface area (Å²) in [5.74, 6) is 1.52. The number of pyridine rings is 1. The highest BCUT2D eigenvalue weighted by atomic mass is 35.5. The Morgan fingerprint density at radius 3 is 2.68 bits per heavy atom. The van der Waals surface area contributed by atoms with Gasteiger partial charge in [0, 0.05) is 25.1 Å². The summed E-state index contributed by atoms with van der Waals surface area (Å²) in [6.07, 6.45) is 0.733. The quantitative estimate of drug-likeness (QED) is 0.791. The minimum atomic E-state index is -0.264. The Hall–Kier alpha value is -1.13. The van der Waals surface area contributed by atoms with E-state index >= 15 is 0 Å². The third-order valence-electron chi connectivity index (χ3n) is 3.22. The molecule has 0 aliphatic carbocycles. The molecule has 2 aromatic heterocycles. The van der Waals surface area contributed by atoms with E-state index in [0.29, 0.717) is 12.4 Å². The number of imidazole rings is 1. The lowest BCUT2D eigenvalue weighted by atomic mass is 10.1. The molecule has 0 aromatic carbocycles. The number of halogens is 1. The van der Waals surface area contributed by atoms with Crippen molar-refractivity contribution in [2.45, 2.75) is 39.3 Å². The number of ether oxygens (including phenoxy) is 1. The molecule has 2 heterocycles. The minimum Gasteiger partial charge on any atom is -0.377 e. The van der Waals surface area contributed by atoms with E-state index in [1.54, 1.807) is 7.11 Å². The molecule has 0 radical (unpaired) electrons. The molecule has 0 bridgehead atoms. The Kier molecular flexibility index (Phi) is 4.11. The second kappa shape index (κ2) is 5.47. The molecule has 0 atom stereocenters. The summed E-state index contributed by atoms with van der Waals surface area (Å²) in [7, 11) is 1.72. The monoisotopic (exact) mass is 281 g/mol. The van der Waals surface area contributed by atoms with Gasteiger partial charge in [0.1, 0.15) is 11.3 Å². The van der Waals surface area contributed by atoms with Crippen LogP contribution in [0.25, 0.3) is 11.2 Å². The Morgan fingerprint density at radius 1 is 1.32 bits per heavy atom. The predicted molar refractivity (Wildman–Crippen MR) is 77.8 cm³/mol. The first-order valence-corrected chi connectivity index (χ1v) is 6.94. The van der Waals surface area contributed by atoms with Crippen LogP contribution in [-0.4, -0.2) is 33.1 Å². The first-order chi connectivity index (χ1) is 8.96. The Balaban J connectivity index is 2.53. The lowest BCUT2D eigenvalue weighted by Gasteiger charge is -2.24. The van der Waals surface area contributed by atoms with Crippen molar-refractivity contribution in [3.05, 3.63) is 23.7 Å². The summed E-state index contributed by atoms with van der Waals surface area (Å²) in [5.41, 5.74) is 2.55. The van der Waals surface area contributed by atoms with Gasteiger partial charge >= 0.3 is 0 Å². The van der Waals surface area contributed by atoms with Crippen LogP contribution >= 0.6 is 11.6 Å². The smallest absolute Gasteiger partial charge is 0.160 e.